The van der Waals surface area contributed by atoms with Gasteiger partial charge in [0.15, 0.2) is 0 Å². The first kappa shape index (κ1) is 31.0. The molecule has 2 nitrogen and oxygen atoms in total. The molecule has 0 saturated heterocycles. The summed E-state index contributed by atoms with van der Waals surface area (Å²) in [6, 6.07) is 75.8. The lowest BCUT2D eigenvalue weighted by Crippen LogP contribution is -1.97. The predicted molar refractivity (Wildman–Crippen MR) is 239 cm³/mol. The van der Waals surface area contributed by atoms with Crippen molar-refractivity contribution >= 4 is 75.9 Å². The first-order valence-electron chi connectivity index (χ1n) is 19.4. The highest BCUT2D eigenvalue weighted by Crippen LogP contribution is 2.44. The Morgan fingerprint density at radius 1 is 0.232 bits per heavy atom. The van der Waals surface area contributed by atoms with E-state index >= 15 is 0 Å². The number of benzene rings is 10. The van der Waals surface area contributed by atoms with E-state index in [0.29, 0.717) is 0 Å². The molecule has 0 spiro atoms. The number of nitrogens with zero attached hydrogens (tertiary/aromatic N) is 2. The summed E-state index contributed by atoms with van der Waals surface area (Å²) in [5.74, 6) is 0. The maximum atomic E-state index is 2.49. The lowest BCUT2D eigenvalue weighted by atomic mass is 9.89. The van der Waals surface area contributed by atoms with E-state index in [1.807, 2.05) is 0 Å². The summed E-state index contributed by atoms with van der Waals surface area (Å²) in [6.45, 7) is 0. The monoisotopic (exact) mass is 710 g/mol. The number of rotatable bonds is 4. The first-order valence-corrected chi connectivity index (χ1v) is 19.4. The van der Waals surface area contributed by atoms with Gasteiger partial charge in [-0.1, -0.05) is 152 Å². The molecule has 0 aliphatic heterocycles. The van der Waals surface area contributed by atoms with E-state index in [1.165, 1.54) is 104 Å². The molecule has 12 aromatic rings. The van der Waals surface area contributed by atoms with Gasteiger partial charge in [0.25, 0.3) is 0 Å². The Morgan fingerprint density at radius 2 is 0.714 bits per heavy atom. The molecule has 2 heterocycles. The van der Waals surface area contributed by atoms with Crippen molar-refractivity contribution in [3.8, 4) is 33.6 Å². The van der Waals surface area contributed by atoms with Crippen molar-refractivity contribution in [3.63, 3.8) is 0 Å². The van der Waals surface area contributed by atoms with E-state index in [0.717, 1.165) is 5.69 Å². The van der Waals surface area contributed by atoms with E-state index < -0.39 is 0 Å². The Kier molecular flexibility index (Phi) is 6.66. The highest BCUT2D eigenvalue weighted by atomic mass is 15.0. The van der Waals surface area contributed by atoms with Gasteiger partial charge < -0.3 is 9.13 Å². The van der Waals surface area contributed by atoms with Crippen LogP contribution in [0.4, 0.5) is 0 Å². The third-order valence-electron chi connectivity index (χ3n) is 11.9. The molecule has 12 rings (SSSR count). The van der Waals surface area contributed by atoms with Crippen molar-refractivity contribution < 1.29 is 0 Å². The zero-order chi connectivity index (χ0) is 36.7. The summed E-state index contributed by atoms with van der Waals surface area (Å²) < 4.78 is 4.87. The van der Waals surface area contributed by atoms with Crippen molar-refractivity contribution in [2.45, 2.75) is 0 Å². The van der Waals surface area contributed by atoms with Crippen LogP contribution in [0, 0.1) is 0 Å². The van der Waals surface area contributed by atoms with Crippen LogP contribution in [0.1, 0.15) is 0 Å². The maximum absolute atomic E-state index is 2.49. The molecular weight excluding hydrogens is 677 g/mol. The Morgan fingerprint density at radius 3 is 1.43 bits per heavy atom. The molecule has 260 valence electrons. The third-order valence-corrected chi connectivity index (χ3v) is 11.9. The van der Waals surface area contributed by atoms with Gasteiger partial charge >= 0.3 is 0 Å². The number of hydrogen-bond donors (Lipinski definition) is 0. The summed E-state index contributed by atoms with van der Waals surface area (Å²) >= 11 is 0. The van der Waals surface area contributed by atoms with Crippen LogP contribution in [-0.4, -0.2) is 9.13 Å². The molecule has 0 radical (unpaired) electrons. The fourth-order valence-electron chi connectivity index (χ4n) is 9.43. The molecule has 0 N–H and O–H groups in total. The minimum atomic E-state index is 1.15. The van der Waals surface area contributed by atoms with Crippen LogP contribution in [0.2, 0.25) is 0 Å². The zero-order valence-electron chi connectivity index (χ0n) is 30.5. The molecule has 10 aromatic carbocycles. The minimum absolute atomic E-state index is 1.15. The minimum Gasteiger partial charge on any atom is -0.309 e. The molecule has 0 fully saturated rings. The van der Waals surface area contributed by atoms with Crippen molar-refractivity contribution in [2.24, 2.45) is 0 Å². The van der Waals surface area contributed by atoms with Crippen LogP contribution < -0.4 is 0 Å². The van der Waals surface area contributed by atoms with Gasteiger partial charge in [0, 0.05) is 32.9 Å². The van der Waals surface area contributed by atoms with Crippen LogP contribution in [0.15, 0.2) is 206 Å². The van der Waals surface area contributed by atoms with Crippen LogP contribution in [0.25, 0.3) is 110 Å². The molecule has 0 amide bonds. The highest BCUT2D eigenvalue weighted by Gasteiger charge is 2.19. The SMILES string of the molecule is c1ccc(-c2cc(-n3c4ccccc4c4ccc(-c5ccc6c(c5)c5ccccc5n6-c5ccccc5)cc43)cc3c4ccccc4c4ccccc4c23)cc1. The van der Waals surface area contributed by atoms with Crippen molar-refractivity contribution in [3.05, 3.63) is 206 Å². The summed E-state index contributed by atoms with van der Waals surface area (Å²) in [6.07, 6.45) is 0. The lowest BCUT2D eigenvalue weighted by molar-refractivity contribution is 1.18. The third kappa shape index (κ3) is 4.50. The quantitative estimate of drug-likeness (QED) is 0.161. The predicted octanol–water partition coefficient (Wildman–Crippen LogP) is 14.7. The van der Waals surface area contributed by atoms with Gasteiger partial charge in [0.2, 0.25) is 0 Å². The van der Waals surface area contributed by atoms with Crippen LogP contribution >= 0.6 is 0 Å². The zero-order valence-corrected chi connectivity index (χ0v) is 30.5. The average Bonchev–Trinajstić information content (AvgIpc) is 3.79. The van der Waals surface area contributed by atoms with Gasteiger partial charge in [-0.15, -0.1) is 0 Å². The summed E-state index contributed by atoms with van der Waals surface area (Å²) in [7, 11) is 0. The van der Waals surface area contributed by atoms with Gasteiger partial charge in [-0.3, -0.25) is 0 Å². The van der Waals surface area contributed by atoms with Gasteiger partial charge in [0.1, 0.15) is 0 Å². The molecule has 2 heteroatoms. The normalized spacial score (nSPS) is 11.9. The standard InChI is InChI=1S/C54H34N2/c1-3-15-35(16-4-1)47-33-39(34-49-42-21-8-7-19-40(42)41-20-9-10-24-46(41)54(47)49)56-50-25-13-11-22-43(50)45-29-27-37(32-53(45)56)36-28-30-52-48(31-36)44-23-12-14-26-51(44)55(52)38-17-5-2-6-18-38/h1-34H. The van der Waals surface area contributed by atoms with E-state index in [2.05, 4.69) is 215 Å². The van der Waals surface area contributed by atoms with Gasteiger partial charge in [-0.05, 0) is 109 Å². The molecule has 0 saturated carbocycles. The van der Waals surface area contributed by atoms with Gasteiger partial charge in [-0.2, -0.15) is 0 Å². The van der Waals surface area contributed by atoms with Crippen LogP contribution in [0.3, 0.4) is 0 Å². The van der Waals surface area contributed by atoms with E-state index in [1.54, 1.807) is 0 Å². The van der Waals surface area contributed by atoms with Crippen molar-refractivity contribution in [1.82, 2.24) is 9.13 Å². The Bertz CT molecular complexity index is 3510. The Hall–Kier alpha value is -7.42. The summed E-state index contributed by atoms with van der Waals surface area (Å²) in [5, 5.41) is 12.7. The largest absolute Gasteiger partial charge is 0.309 e. The van der Waals surface area contributed by atoms with E-state index in [4.69, 9.17) is 0 Å². The number of fused-ring (bicyclic) bond motifs is 12. The summed E-state index contributed by atoms with van der Waals surface area (Å²) in [5.41, 5.74) is 12.0. The molecular formula is C54H34N2. The van der Waals surface area contributed by atoms with E-state index in [9.17, 15) is 0 Å². The first-order chi connectivity index (χ1) is 27.8. The Balaban J connectivity index is 1.14. The number of hydrogen-bond acceptors (Lipinski definition) is 0. The smallest absolute Gasteiger partial charge is 0.0547 e. The van der Waals surface area contributed by atoms with Crippen LogP contribution in [-0.2, 0) is 0 Å². The second-order valence-electron chi connectivity index (χ2n) is 14.9. The highest BCUT2D eigenvalue weighted by molar-refractivity contribution is 6.29. The second-order valence-corrected chi connectivity index (χ2v) is 14.9. The molecule has 2 aromatic heterocycles. The maximum Gasteiger partial charge on any atom is 0.0547 e. The molecule has 0 aliphatic rings. The topological polar surface area (TPSA) is 9.86 Å². The van der Waals surface area contributed by atoms with Gasteiger partial charge in [0.05, 0.1) is 22.1 Å². The molecule has 0 aliphatic carbocycles. The number of para-hydroxylation sites is 3. The second kappa shape index (κ2) is 12.0. The van der Waals surface area contributed by atoms with E-state index in [-0.39, 0.29) is 0 Å². The molecule has 0 atom stereocenters. The number of aromatic nitrogens is 2. The molecule has 0 unspecified atom stereocenters. The molecule has 0 bridgehead atoms. The lowest BCUT2D eigenvalue weighted by Gasteiger charge is -2.18. The van der Waals surface area contributed by atoms with Crippen molar-refractivity contribution in [1.29, 1.82) is 0 Å². The van der Waals surface area contributed by atoms with Gasteiger partial charge in [-0.25, -0.2) is 0 Å². The van der Waals surface area contributed by atoms with Crippen LogP contribution in [0.5, 0.6) is 0 Å². The fraction of sp³-hybridized carbons (Fsp3) is 0. The van der Waals surface area contributed by atoms with Crippen molar-refractivity contribution in [2.75, 3.05) is 0 Å². The molecule has 56 heavy (non-hydrogen) atoms. The Labute approximate surface area is 323 Å². The summed E-state index contributed by atoms with van der Waals surface area (Å²) in [4.78, 5) is 0. The average molecular weight is 711 g/mol. The fourth-order valence-corrected chi connectivity index (χ4v) is 9.43.